The van der Waals surface area contributed by atoms with Gasteiger partial charge in [0.2, 0.25) is 5.91 Å². The average Bonchev–Trinajstić information content (AvgIpc) is 3.50. The fourth-order valence-corrected chi connectivity index (χ4v) is 6.26. The number of amides is 2. The van der Waals surface area contributed by atoms with Gasteiger partial charge in [-0.2, -0.15) is 0 Å². The molecule has 0 bridgehead atoms. The summed E-state index contributed by atoms with van der Waals surface area (Å²) in [6.45, 7) is 2.07. The van der Waals surface area contributed by atoms with Crippen LogP contribution in [0.2, 0.25) is 0 Å². The third kappa shape index (κ3) is 3.59. The van der Waals surface area contributed by atoms with Crippen LogP contribution in [0.4, 0.5) is 0 Å². The molecule has 1 aromatic carbocycles. The minimum absolute atomic E-state index is 0.000481. The number of carbonyl (C=O) groups excluding carboxylic acids is 2. The number of hydrogen-bond acceptors (Lipinski definition) is 4. The third-order valence-electron chi connectivity index (χ3n) is 6.23. The molecule has 30 heavy (non-hydrogen) atoms. The van der Waals surface area contributed by atoms with Gasteiger partial charge in [-0.25, -0.2) is 0 Å². The van der Waals surface area contributed by atoms with Crippen LogP contribution in [-0.2, 0) is 11.2 Å². The molecule has 2 amide bonds. The molecule has 4 nitrogen and oxygen atoms in total. The zero-order chi connectivity index (χ0) is 20.5. The van der Waals surface area contributed by atoms with Crippen LogP contribution in [0.5, 0.6) is 0 Å². The fraction of sp³-hybridized carbons (Fsp3) is 0.333. The number of likely N-dealkylation sites (tertiary alicyclic amines) is 1. The average molecular weight is 437 g/mol. The molecule has 0 saturated carbocycles. The fourth-order valence-electron chi connectivity index (χ4n) is 4.67. The quantitative estimate of drug-likeness (QED) is 0.590. The summed E-state index contributed by atoms with van der Waals surface area (Å²) in [5, 5.41) is 4.07. The SMILES string of the molecule is O=C(c1cccs1)N1CCC(C(=O)N2CCc3sccc3[C@@H]2c2ccccc2)CC1. The van der Waals surface area contributed by atoms with Gasteiger partial charge in [-0.3, -0.25) is 9.59 Å². The number of piperidine rings is 1. The van der Waals surface area contributed by atoms with Crippen molar-refractivity contribution < 1.29 is 9.59 Å². The predicted octanol–water partition coefficient (Wildman–Crippen LogP) is 4.84. The number of thiophene rings is 2. The maximum absolute atomic E-state index is 13.6. The summed E-state index contributed by atoms with van der Waals surface area (Å²) in [6.07, 6.45) is 2.41. The van der Waals surface area contributed by atoms with Crippen molar-refractivity contribution in [2.24, 2.45) is 5.92 Å². The normalized spacial score (nSPS) is 19.5. The number of nitrogens with zero attached hydrogens (tertiary/aromatic N) is 2. The summed E-state index contributed by atoms with van der Waals surface area (Å²) in [7, 11) is 0. The van der Waals surface area contributed by atoms with Gasteiger partial charge in [0.25, 0.3) is 5.91 Å². The molecule has 1 fully saturated rings. The molecule has 0 N–H and O–H groups in total. The molecule has 0 unspecified atom stereocenters. The van der Waals surface area contributed by atoms with E-state index < -0.39 is 0 Å². The summed E-state index contributed by atoms with van der Waals surface area (Å²) >= 11 is 3.28. The number of fused-ring (bicyclic) bond motifs is 1. The highest BCUT2D eigenvalue weighted by Gasteiger charge is 2.37. The molecule has 0 aliphatic carbocycles. The number of hydrogen-bond donors (Lipinski definition) is 0. The van der Waals surface area contributed by atoms with Crippen molar-refractivity contribution in [2.45, 2.75) is 25.3 Å². The predicted molar refractivity (Wildman–Crippen MR) is 121 cm³/mol. The van der Waals surface area contributed by atoms with Gasteiger partial charge >= 0.3 is 0 Å². The first kappa shape index (κ1) is 19.5. The number of benzene rings is 1. The molecule has 0 spiro atoms. The van der Waals surface area contributed by atoms with Gasteiger partial charge in [0.1, 0.15) is 0 Å². The first-order valence-corrected chi connectivity index (χ1v) is 12.2. The van der Waals surface area contributed by atoms with Crippen molar-refractivity contribution >= 4 is 34.5 Å². The summed E-state index contributed by atoms with van der Waals surface area (Å²) in [5.41, 5.74) is 2.45. The van der Waals surface area contributed by atoms with Crippen LogP contribution < -0.4 is 0 Å². The molecule has 5 rings (SSSR count). The first-order chi connectivity index (χ1) is 14.7. The van der Waals surface area contributed by atoms with E-state index in [4.69, 9.17) is 0 Å². The lowest BCUT2D eigenvalue weighted by Crippen LogP contribution is -2.47. The highest BCUT2D eigenvalue weighted by atomic mass is 32.1. The Hall–Kier alpha value is -2.44. The standard InChI is InChI=1S/C24H24N2O2S2/c27-23(18-8-12-25(13-9-18)24(28)21-7-4-15-29-21)26-14-10-20-19(11-16-30-20)22(26)17-5-2-1-3-6-17/h1-7,11,15-16,18,22H,8-10,12-14H2/t22-/m0/s1. The molecule has 1 atom stereocenters. The van der Waals surface area contributed by atoms with Gasteiger partial charge in [-0.15, -0.1) is 22.7 Å². The first-order valence-electron chi connectivity index (χ1n) is 10.5. The lowest BCUT2D eigenvalue weighted by molar-refractivity contribution is -0.139. The Morgan fingerprint density at radius 2 is 1.67 bits per heavy atom. The van der Waals surface area contributed by atoms with Gasteiger partial charge in [-0.05, 0) is 53.3 Å². The second-order valence-electron chi connectivity index (χ2n) is 7.94. The van der Waals surface area contributed by atoms with Crippen LogP contribution in [0, 0.1) is 5.92 Å². The summed E-state index contributed by atoms with van der Waals surface area (Å²) in [6, 6.07) is 16.3. The van der Waals surface area contributed by atoms with Crippen LogP contribution >= 0.6 is 22.7 Å². The third-order valence-corrected chi connectivity index (χ3v) is 8.08. The lowest BCUT2D eigenvalue weighted by Gasteiger charge is -2.40. The monoisotopic (exact) mass is 436 g/mol. The zero-order valence-corrected chi connectivity index (χ0v) is 18.3. The van der Waals surface area contributed by atoms with E-state index in [1.807, 2.05) is 40.6 Å². The Morgan fingerprint density at radius 1 is 0.867 bits per heavy atom. The molecule has 3 aromatic rings. The number of carbonyl (C=O) groups is 2. The molecule has 6 heteroatoms. The Morgan fingerprint density at radius 3 is 2.40 bits per heavy atom. The molecular weight excluding hydrogens is 412 g/mol. The smallest absolute Gasteiger partial charge is 0.263 e. The molecule has 4 heterocycles. The Balaban J connectivity index is 1.33. The van der Waals surface area contributed by atoms with Crippen molar-refractivity contribution in [2.75, 3.05) is 19.6 Å². The van der Waals surface area contributed by atoms with E-state index in [9.17, 15) is 9.59 Å². The van der Waals surface area contributed by atoms with Crippen molar-refractivity contribution in [3.63, 3.8) is 0 Å². The highest BCUT2D eigenvalue weighted by molar-refractivity contribution is 7.12. The molecule has 2 aliphatic heterocycles. The highest BCUT2D eigenvalue weighted by Crippen LogP contribution is 2.39. The second kappa shape index (κ2) is 8.36. The van der Waals surface area contributed by atoms with Gasteiger partial charge in [0.05, 0.1) is 10.9 Å². The molecular formula is C24H24N2O2S2. The van der Waals surface area contributed by atoms with Crippen molar-refractivity contribution in [3.05, 3.63) is 80.2 Å². The van der Waals surface area contributed by atoms with Crippen molar-refractivity contribution in [3.8, 4) is 0 Å². The van der Waals surface area contributed by atoms with E-state index in [2.05, 4.69) is 28.5 Å². The largest absolute Gasteiger partial charge is 0.338 e. The van der Waals surface area contributed by atoms with Gasteiger partial charge < -0.3 is 9.80 Å². The van der Waals surface area contributed by atoms with E-state index >= 15 is 0 Å². The van der Waals surface area contributed by atoms with Gasteiger partial charge in [0, 0.05) is 30.4 Å². The van der Waals surface area contributed by atoms with Crippen LogP contribution in [0.3, 0.4) is 0 Å². The Kier molecular flexibility index (Phi) is 5.44. The van der Waals surface area contributed by atoms with Crippen LogP contribution in [-0.4, -0.2) is 41.2 Å². The van der Waals surface area contributed by atoms with E-state index in [0.29, 0.717) is 13.1 Å². The summed E-state index contributed by atoms with van der Waals surface area (Å²) < 4.78 is 0. The maximum Gasteiger partial charge on any atom is 0.263 e. The van der Waals surface area contributed by atoms with Crippen molar-refractivity contribution in [1.82, 2.24) is 9.80 Å². The molecule has 0 radical (unpaired) electrons. The van der Waals surface area contributed by atoms with E-state index in [1.54, 1.807) is 11.3 Å². The zero-order valence-electron chi connectivity index (χ0n) is 16.7. The second-order valence-corrected chi connectivity index (χ2v) is 9.89. The molecule has 154 valence electrons. The minimum atomic E-state index is -0.0104. The number of rotatable bonds is 3. The Labute approximate surface area is 184 Å². The molecule has 2 aromatic heterocycles. The van der Waals surface area contributed by atoms with Gasteiger partial charge in [0.15, 0.2) is 0 Å². The van der Waals surface area contributed by atoms with Crippen LogP contribution in [0.1, 0.15) is 44.6 Å². The molecule has 1 saturated heterocycles. The van der Waals surface area contributed by atoms with E-state index in [1.165, 1.54) is 27.3 Å². The summed E-state index contributed by atoms with van der Waals surface area (Å²) in [5.74, 6) is 0.326. The summed E-state index contributed by atoms with van der Waals surface area (Å²) in [4.78, 5) is 32.4. The Bertz CT molecular complexity index is 1020. The molecule has 2 aliphatic rings. The minimum Gasteiger partial charge on any atom is -0.338 e. The van der Waals surface area contributed by atoms with E-state index in [-0.39, 0.29) is 23.8 Å². The lowest BCUT2D eigenvalue weighted by atomic mass is 9.89. The van der Waals surface area contributed by atoms with Gasteiger partial charge in [-0.1, -0.05) is 36.4 Å². The topological polar surface area (TPSA) is 40.6 Å². The van der Waals surface area contributed by atoms with Crippen LogP contribution in [0.25, 0.3) is 0 Å². The van der Waals surface area contributed by atoms with Crippen molar-refractivity contribution in [1.29, 1.82) is 0 Å². The van der Waals surface area contributed by atoms with E-state index in [0.717, 1.165) is 30.7 Å². The maximum atomic E-state index is 13.6. The van der Waals surface area contributed by atoms with Crippen LogP contribution in [0.15, 0.2) is 59.3 Å².